The number of ether oxygens (including phenoxy) is 4. The number of hydrogen-bond donors (Lipinski definition) is 1. The maximum absolute atomic E-state index is 11.7. The van der Waals surface area contributed by atoms with Gasteiger partial charge in [-0.3, -0.25) is 4.79 Å². The first kappa shape index (κ1) is 14.7. The van der Waals surface area contributed by atoms with Gasteiger partial charge in [-0.15, -0.1) is 0 Å². The van der Waals surface area contributed by atoms with Gasteiger partial charge in [0.05, 0.1) is 5.92 Å². The summed E-state index contributed by atoms with van der Waals surface area (Å²) in [4.78, 5) is 11.7. The zero-order chi connectivity index (χ0) is 16.5. The van der Waals surface area contributed by atoms with Gasteiger partial charge < -0.3 is 24.1 Å². The molecule has 6 nitrogen and oxygen atoms in total. The van der Waals surface area contributed by atoms with Crippen molar-refractivity contribution in [2.75, 3.05) is 13.6 Å². The first-order valence-corrected chi connectivity index (χ1v) is 7.69. The molecular weight excluding hydrogens is 312 g/mol. The zero-order valence-corrected chi connectivity index (χ0v) is 12.9. The van der Waals surface area contributed by atoms with E-state index in [1.165, 1.54) is 0 Å². The number of carboxylic acid groups (broad SMARTS) is 1. The Kier molecular flexibility index (Phi) is 3.65. The lowest BCUT2D eigenvalue weighted by Gasteiger charge is -2.13. The summed E-state index contributed by atoms with van der Waals surface area (Å²) >= 11 is 0. The monoisotopic (exact) mass is 328 g/mol. The fourth-order valence-electron chi connectivity index (χ4n) is 2.95. The van der Waals surface area contributed by atoms with Gasteiger partial charge in [0, 0.05) is 0 Å². The number of carbonyl (C=O) groups is 1. The Morgan fingerprint density at radius 3 is 1.75 bits per heavy atom. The van der Waals surface area contributed by atoms with Crippen LogP contribution in [0.3, 0.4) is 0 Å². The first-order valence-electron chi connectivity index (χ1n) is 7.69. The lowest BCUT2D eigenvalue weighted by atomic mass is 9.92. The molecule has 0 radical (unpaired) electrons. The highest BCUT2D eigenvalue weighted by Crippen LogP contribution is 2.35. The van der Waals surface area contributed by atoms with E-state index in [4.69, 9.17) is 18.9 Å². The average Bonchev–Trinajstić information content (AvgIpc) is 3.22. The molecule has 2 heterocycles. The Balaban J connectivity index is 1.51. The minimum Gasteiger partial charge on any atom is -0.481 e. The summed E-state index contributed by atoms with van der Waals surface area (Å²) in [6.07, 6.45) is 0.834. The van der Waals surface area contributed by atoms with Crippen LogP contribution >= 0.6 is 0 Å². The van der Waals surface area contributed by atoms with Crippen LogP contribution in [0.1, 0.15) is 11.1 Å². The molecule has 2 aliphatic rings. The number of fused-ring (bicyclic) bond motifs is 2. The fraction of sp³-hybridized carbons (Fsp3) is 0.278. The quantitative estimate of drug-likeness (QED) is 0.909. The summed E-state index contributed by atoms with van der Waals surface area (Å²) in [5.41, 5.74) is 1.82. The summed E-state index contributed by atoms with van der Waals surface area (Å²) < 4.78 is 21.3. The van der Waals surface area contributed by atoms with Crippen molar-refractivity contribution in [3.63, 3.8) is 0 Å². The summed E-state index contributed by atoms with van der Waals surface area (Å²) in [5.74, 6) is 1.36. The number of hydrogen-bond acceptors (Lipinski definition) is 5. The third kappa shape index (κ3) is 2.82. The van der Waals surface area contributed by atoms with E-state index in [-0.39, 0.29) is 13.6 Å². The van der Waals surface area contributed by atoms with Crippen LogP contribution in [-0.2, 0) is 17.6 Å². The lowest BCUT2D eigenvalue weighted by Crippen LogP contribution is -2.19. The zero-order valence-electron chi connectivity index (χ0n) is 12.9. The van der Waals surface area contributed by atoms with Gasteiger partial charge in [0.1, 0.15) is 0 Å². The highest BCUT2D eigenvalue weighted by atomic mass is 16.7. The van der Waals surface area contributed by atoms with E-state index in [2.05, 4.69) is 0 Å². The molecular formula is C18H16O6. The van der Waals surface area contributed by atoms with Crippen LogP contribution in [0.25, 0.3) is 0 Å². The molecule has 0 atom stereocenters. The molecule has 0 saturated carbocycles. The smallest absolute Gasteiger partial charge is 0.307 e. The van der Waals surface area contributed by atoms with Crippen molar-refractivity contribution in [3.8, 4) is 23.0 Å². The maximum Gasteiger partial charge on any atom is 0.307 e. The van der Waals surface area contributed by atoms with Crippen LogP contribution in [0.15, 0.2) is 36.4 Å². The number of carboxylic acids is 1. The van der Waals surface area contributed by atoms with E-state index in [1.807, 2.05) is 36.4 Å². The number of aliphatic carboxylic acids is 1. The Morgan fingerprint density at radius 2 is 1.29 bits per heavy atom. The van der Waals surface area contributed by atoms with Crippen molar-refractivity contribution >= 4 is 5.97 Å². The third-order valence-corrected chi connectivity index (χ3v) is 4.19. The molecule has 4 rings (SSSR count). The summed E-state index contributed by atoms with van der Waals surface area (Å²) in [7, 11) is 0. The van der Waals surface area contributed by atoms with Crippen molar-refractivity contribution in [1.29, 1.82) is 0 Å². The molecule has 0 unspecified atom stereocenters. The SMILES string of the molecule is O=C(O)C(Cc1ccc2c(c1)OCO2)Cc1ccc2c(c1)OCO2. The fourth-order valence-corrected chi connectivity index (χ4v) is 2.95. The van der Waals surface area contributed by atoms with Crippen molar-refractivity contribution in [1.82, 2.24) is 0 Å². The van der Waals surface area contributed by atoms with E-state index in [0.29, 0.717) is 35.8 Å². The van der Waals surface area contributed by atoms with Gasteiger partial charge in [-0.25, -0.2) is 0 Å². The Morgan fingerprint density at radius 1 is 0.833 bits per heavy atom. The second kappa shape index (κ2) is 5.96. The van der Waals surface area contributed by atoms with E-state index in [9.17, 15) is 9.90 Å². The van der Waals surface area contributed by atoms with Crippen LogP contribution in [-0.4, -0.2) is 24.7 Å². The molecule has 0 aromatic heterocycles. The standard InChI is InChI=1S/C18H16O6/c19-18(20)13(5-11-1-3-14-16(7-11)23-9-21-14)6-12-2-4-15-17(8-12)24-10-22-15/h1-4,7-8,13H,5-6,9-10H2,(H,19,20). The molecule has 1 N–H and O–H groups in total. The van der Waals surface area contributed by atoms with Crippen molar-refractivity contribution in [2.24, 2.45) is 5.92 Å². The van der Waals surface area contributed by atoms with E-state index in [1.54, 1.807) is 0 Å². The summed E-state index contributed by atoms with van der Waals surface area (Å²) in [5, 5.41) is 9.57. The molecule has 0 bridgehead atoms. The summed E-state index contributed by atoms with van der Waals surface area (Å²) in [6, 6.07) is 11.1. The predicted octanol–water partition coefficient (Wildman–Crippen LogP) is 2.63. The summed E-state index contributed by atoms with van der Waals surface area (Å²) in [6.45, 7) is 0.413. The minimum atomic E-state index is -0.828. The van der Waals surface area contributed by atoms with Crippen molar-refractivity contribution in [2.45, 2.75) is 12.8 Å². The second-order valence-electron chi connectivity index (χ2n) is 5.82. The van der Waals surface area contributed by atoms with Crippen LogP contribution in [0, 0.1) is 5.92 Å². The molecule has 24 heavy (non-hydrogen) atoms. The van der Waals surface area contributed by atoms with Gasteiger partial charge in [0.2, 0.25) is 13.6 Å². The molecule has 6 heteroatoms. The lowest BCUT2D eigenvalue weighted by molar-refractivity contribution is -0.141. The van der Waals surface area contributed by atoms with Crippen LogP contribution in [0.5, 0.6) is 23.0 Å². The molecule has 0 fully saturated rings. The molecule has 124 valence electrons. The number of rotatable bonds is 5. The maximum atomic E-state index is 11.7. The highest BCUT2D eigenvalue weighted by Gasteiger charge is 2.22. The van der Waals surface area contributed by atoms with Crippen molar-refractivity contribution < 1.29 is 28.8 Å². The molecule has 2 aromatic carbocycles. The molecule has 0 amide bonds. The van der Waals surface area contributed by atoms with Crippen LogP contribution < -0.4 is 18.9 Å². The Labute approximate surface area is 138 Å². The van der Waals surface area contributed by atoms with Crippen LogP contribution in [0.4, 0.5) is 0 Å². The van der Waals surface area contributed by atoms with E-state index < -0.39 is 11.9 Å². The highest BCUT2D eigenvalue weighted by molar-refractivity contribution is 5.71. The topological polar surface area (TPSA) is 74.2 Å². The minimum absolute atomic E-state index is 0.207. The van der Waals surface area contributed by atoms with Crippen molar-refractivity contribution in [3.05, 3.63) is 47.5 Å². The third-order valence-electron chi connectivity index (χ3n) is 4.19. The Hall–Kier alpha value is -2.89. The van der Waals surface area contributed by atoms with Gasteiger partial charge >= 0.3 is 5.97 Å². The van der Waals surface area contributed by atoms with E-state index >= 15 is 0 Å². The normalized spacial score (nSPS) is 14.2. The first-order chi connectivity index (χ1) is 11.7. The van der Waals surface area contributed by atoms with E-state index in [0.717, 1.165) is 11.1 Å². The molecule has 0 saturated heterocycles. The van der Waals surface area contributed by atoms with Gasteiger partial charge in [-0.1, -0.05) is 12.1 Å². The van der Waals surface area contributed by atoms with Gasteiger partial charge in [0.25, 0.3) is 0 Å². The largest absolute Gasteiger partial charge is 0.481 e. The molecule has 0 spiro atoms. The molecule has 0 aliphatic carbocycles. The number of benzene rings is 2. The van der Waals surface area contributed by atoms with Gasteiger partial charge in [0.15, 0.2) is 23.0 Å². The molecule has 2 aromatic rings. The second-order valence-corrected chi connectivity index (χ2v) is 5.82. The van der Waals surface area contributed by atoms with Gasteiger partial charge in [-0.05, 0) is 48.2 Å². The Bertz CT molecular complexity index is 726. The van der Waals surface area contributed by atoms with Crippen LogP contribution in [0.2, 0.25) is 0 Å². The predicted molar refractivity (Wildman–Crippen MR) is 83.7 cm³/mol. The average molecular weight is 328 g/mol. The van der Waals surface area contributed by atoms with Gasteiger partial charge in [-0.2, -0.15) is 0 Å². The molecule has 2 aliphatic heterocycles.